The third kappa shape index (κ3) is 4.42. The van der Waals surface area contributed by atoms with Crippen molar-refractivity contribution in [3.8, 4) is 17.2 Å². The molecule has 0 spiro atoms. The zero-order valence-electron chi connectivity index (χ0n) is 17.3. The lowest BCUT2D eigenvalue weighted by atomic mass is 9.97. The van der Waals surface area contributed by atoms with Crippen LogP contribution in [-0.4, -0.2) is 28.4 Å². The van der Waals surface area contributed by atoms with Gasteiger partial charge in [0.05, 0.1) is 7.11 Å². The molecule has 2 rings (SSSR count). The Morgan fingerprint density at radius 2 is 1.75 bits per heavy atom. The van der Waals surface area contributed by atoms with E-state index in [0.29, 0.717) is 35.5 Å². The SMILES string of the molecule is CCc1c(C)c(OC)c(O)c(CC)c1OP(=O)(O)CNc1nccc(C)c1C. The molecule has 0 aliphatic rings. The fourth-order valence-electron chi connectivity index (χ4n) is 3.19. The second-order valence-corrected chi connectivity index (χ2v) is 8.44. The van der Waals surface area contributed by atoms with Gasteiger partial charge in [0, 0.05) is 22.9 Å². The molecule has 0 amide bonds. The average molecular weight is 408 g/mol. The molecule has 7 nitrogen and oxygen atoms in total. The van der Waals surface area contributed by atoms with E-state index in [0.717, 1.165) is 16.7 Å². The zero-order chi connectivity index (χ0) is 21.1. The van der Waals surface area contributed by atoms with Crippen LogP contribution in [0.15, 0.2) is 12.3 Å². The van der Waals surface area contributed by atoms with E-state index in [4.69, 9.17) is 9.26 Å². The van der Waals surface area contributed by atoms with E-state index in [-0.39, 0.29) is 17.8 Å². The number of pyridine rings is 1. The van der Waals surface area contributed by atoms with Gasteiger partial charge in [-0.1, -0.05) is 13.8 Å². The van der Waals surface area contributed by atoms with Crippen LogP contribution in [0.1, 0.15) is 41.7 Å². The number of nitrogens with one attached hydrogen (secondary N) is 1. The fraction of sp³-hybridized carbons (Fsp3) is 0.450. The van der Waals surface area contributed by atoms with E-state index in [9.17, 15) is 14.6 Å². The maximum atomic E-state index is 12.8. The molecule has 3 N–H and O–H groups in total. The van der Waals surface area contributed by atoms with Gasteiger partial charge >= 0.3 is 7.60 Å². The van der Waals surface area contributed by atoms with Crippen LogP contribution < -0.4 is 14.6 Å². The van der Waals surface area contributed by atoms with Crippen LogP contribution in [0.3, 0.4) is 0 Å². The quantitative estimate of drug-likeness (QED) is 0.554. The molecule has 0 radical (unpaired) electrons. The van der Waals surface area contributed by atoms with Crippen LogP contribution in [0.4, 0.5) is 5.82 Å². The summed E-state index contributed by atoms with van der Waals surface area (Å²) in [4.78, 5) is 14.7. The van der Waals surface area contributed by atoms with Crippen molar-refractivity contribution in [1.82, 2.24) is 4.98 Å². The summed E-state index contributed by atoms with van der Waals surface area (Å²) in [6, 6.07) is 1.87. The summed E-state index contributed by atoms with van der Waals surface area (Å²) in [6.45, 7) is 9.40. The van der Waals surface area contributed by atoms with Crippen molar-refractivity contribution in [2.75, 3.05) is 18.7 Å². The number of hydrogen-bond acceptors (Lipinski definition) is 6. The summed E-state index contributed by atoms with van der Waals surface area (Å²) in [5.41, 5.74) is 3.83. The third-order valence-electron chi connectivity index (χ3n) is 4.91. The number of rotatable bonds is 8. The van der Waals surface area contributed by atoms with Crippen molar-refractivity contribution < 1.29 is 23.8 Å². The van der Waals surface area contributed by atoms with Crippen LogP contribution in [0.2, 0.25) is 0 Å². The normalized spacial score (nSPS) is 13.1. The van der Waals surface area contributed by atoms with E-state index in [1.54, 1.807) is 13.1 Å². The molecule has 1 unspecified atom stereocenters. The minimum absolute atomic E-state index is 0.0566. The molecule has 8 heteroatoms. The molecular weight excluding hydrogens is 379 g/mol. The Balaban J connectivity index is 2.37. The molecule has 0 aliphatic carbocycles. The molecule has 154 valence electrons. The van der Waals surface area contributed by atoms with E-state index in [1.165, 1.54) is 7.11 Å². The number of nitrogens with zero attached hydrogens (tertiary/aromatic N) is 1. The largest absolute Gasteiger partial charge is 0.504 e. The van der Waals surface area contributed by atoms with Gasteiger partial charge in [0.1, 0.15) is 17.9 Å². The number of ether oxygens (including phenoxy) is 1. The number of phenols is 1. The van der Waals surface area contributed by atoms with Gasteiger partial charge in [-0.25, -0.2) is 9.55 Å². The van der Waals surface area contributed by atoms with Gasteiger partial charge in [-0.3, -0.25) is 0 Å². The number of benzene rings is 1. The number of hydrogen-bond donors (Lipinski definition) is 3. The fourth-order valence-corrected chi connectivity index (χ4v) is 4.11. The smallest absolute Gasteiger partial charge is 0.395 e. The van der Waals surface area contributed by atoms with Crippen LogP contribution in [0.5, 0.6) is 17.2 Å². The molecule has 0 fully saturated rings. The minimum Gasteiger partial charge on any atom is -0.504 e. The molecule has 0 aliphatic heterocycles. The number of methoxy groups -OCH3 is 1. The number of aryl methyl sites for hydroxylation is 1. The van der Waals surface area contributed by atoms with Crippen molar-refractivity contribution in [2.24, 2.45) is 0 Å². The Morgan fingerprint density at radius 3 is 2.32 bits per heavy atom. The molecule has 1 aromatic heterocycles. The molecule has 0 saturated heterocycles. The van der Waals surface area contributed by atoms with E-state index in [2.05, 4.69) is 10.3 Å². The van der Waals surface area contributed by atoms with Gasteiger partial charge in [0.2, 0.25) is 0 Å². The van der Waals surface area contributed by atoms with Crippen molar-refractivity contribution >= 4 is 13.4 Å². The van der Waals surface area contributed by atoms with Gasteiger partial charge in [-0.2, -0.15) is 0 Å². The molecule has 0 saturated carbocycles. The Kier molecular flexibility index (Phi) is 6.96. The molecular formula is C20H29N2O5P. The maximum absolute atomic E-state index is 12.8. The molecule has 2 aromatic rings. The summed E-state index contributed by atoms with van der Waals surface area (Å²) in [6.07, 6.45) is 2.33. The molecule has 1 aromatic carbocycles. The molecule has 1 heterocycles. The molecule has 0 bridgehead atoms. The Bertz CT molecular complexity index is 883. The lowest BCUT2D eigenvalue weighted by Crippen LogP contribution is -2.11. The van der Waals surface area contributed by atoms with Crippen molar-refractivity contribution in [1.29, 1.82) is 0 Å². The molecule has 28 heavy (non-hydrogen) atoms. The zero-order valence-corrected chi connectivity index (χ0v) is 18.2. The van der Waals surface area contributed by atoms with Gasteiger partial charge < -0.3 is 24.6 Å². The second kappa shape index (κ2) is 8.84. The highest BCUT2D eigenvalue weighted by molar-refractivity contribution is 7.53. The minimum atomic E-state index is -4.06. The summed E-state index contributed by atoms with van der Waals surface area (Å²) < 4.78 is 23.7. The van der Waals surface area contributed by atoms with Crippen LogP contribution in [0.25, 0.3) is 0 Å². The first-order valence-corrected chi connectivity index (χ1v) is 11.0. The standard InChI is InChI=1S/C20H29N2O5P/c1-7-15-14(5)18(26-6)17(23)16(8-2)19(15)27-28(24,25)11-22-20-13(4)12(3)9-10-21-20/h9-10,23H,7-8,11H2,1-6H3,(H,21,22)(H,24,25). The van der Waals surface area contributed by atoms with Crippen LogP contribution >= 0.6 is 7.60 Å². The number of phenolic OH excluding ortho intramolecular Hbond substituents is 1. The van der Waals surface area contributed by atoms with Crippen molar-refractivity contribution in [3.05, 3.63) is 40.1 Å². The van der Waals surface area contributed by atoms with Gasteiger partial charge in [-0.05, 0) is 50.8 Å². The lowest BCUT2D eigenvalue weighted by Gasteiger charge is -2.23. The summed E-state index contributed by atoms with van der Waals surface area (Å²) >= 11 is 0. The highest BCUT2D eigenvalue weighted by atomic mass is 31.2. The van der Waals surface area contributed by atoms with Crippen molar-refractivity contribution in [2.45, 2.75) is 47.5 Å². The third-order valence-corrected chi connectivity index (χ3v) is 5.93. The highest BCUT2D eigenvalue weighted by Gasteiger charge is 2.28. The monoisotopic (exact) mass is 408 g/mol. The topological polar surface area (TPSA) is 101 Å². The Labute approximate surface area is 166 Å². The number of anilines is 1. The van der Waals surface area contributed by atoms with E-state index >= 15 is 0 Å². The van der Waals surface area contributed by atoms with Gasteiger partial charge in [0.25, 0.3) is 0 Å². The first-order valence-electron chi connectivity index (χ1n) is 9.25. The maximum Gasteiger partial charge on any atom is 0.395 e. The summed E-state index contributed by atoms with van der Waals surface area (Å²) in [5.74, 6) is 1.10. The summed E-state index contributed by atoms with van der Waals surface area (Å²) in [5, 5.41) is 13.4. The predicted molar refractivity (Wildman–Crippen MR) is 111 cm³/mol. The van der Waals surface area contributed by atoms with Crippen molar-refractivity contribution in [3.63, 3.8) is 0 Å². The van der Waals surface area contributed by atoms with E-state index in [1.807, 2.05) is 33.8 Å². The Hall–Kier alpha value is -2.24. The van der Waals surface area contributed by atoms with Gasteiger partial charge in [-0.15, -0.1) is 0 Å². The van der Waals surface area contributed by atoms with Gasteiger partial charge in [0.15, 0.2) is 11.5 Å². The lowest BCUT2D eigenvalue weighted by molar-refractivity contribution is 0.357. The number of aromatic hydroxyl groups is 1. The highest BCUT2D eigenvalue weighted by Crippen LogP contribution is 2.50. The predicted octanol–water partition coefficient (Wildman–Crippen LogP) is 4.48. The Morgan fingerprint density at radius 1 is 1.11 bits per heavy atom. The first kappa shape index (κ1) is 22.1. The van der Waals surface area contributed by atoms with Crippen LogP contribution in [0, 0.1) is 20.8 Å². The van der Waals surface area contributed by atoms with Crippen LogP contribution in [-0.2, 0) is 17.4 Å². The summed E-state index contributed by atoms with van der Waals surface area (Å²) in [7, 11) is -2.58. The molecule has 1 atom stereocenters. The number of aromatic nitrogens is 1. The average Bonchev–Trinajstić information content (AvgIpc) is 2.63. The first-order chi connectivity index (χ1) is 13.2. The van der Waals surface area contributed by atoms with E-state index < -0.39 is 7.60 Å². The second-order valence-electron chi connectivity index (χ2n) is 6.67.